The number of nitrogens with one attached hydrogen (secondary N) is 3. The third-order valence-electron chi connectivity index (χ3n) is 4.24. The summed E-state index contributed by atoms with van der Waals surface area (Å²) < 4.78 is 20.3. The van der Waals surface area contributed by atoms with E-state index in [0.29, 0.717) is 26.8 Å². The quantitative estimate of drug-likeness (QED) is 0.352. The smallest absolute Gasteiger partial charge is 0.229 e. The highest BCUT2D eigenvalue weighted by Crippen LogP contribution is 2.32. The molecule has 2 heterocycles. The maximum Gasteiger partial charge on any atom is 0.229 e. The lowest BCUT2D eigenvalue weighted by Gasteiger charge is -2.18. The van der Waals surface area contributed by atoms with Crippen LogP contribution in [0.25, 0.3) is 10.4 Å². The summed E-state index contributed by atoms with van der Waals surface area (Å²) in [6.07, 6.45) is 3.89. The molecule has 1 unspecified atom stereocenters. The minimum Gasteiger partial charge on any atom is -0.394 e. The monoisotopic (exact) mass is 495 g/mol. The predicted octanol–water partition coefficient (Wildman–Crippen LogP) is 4.93. The van der Waals surface area contributed by atoms with Gasteiger partial charge in [-0.3, -0.25) is 0 Å². The lowest BCUT2D eigenvalue weighted by Crippen LogP contribution is -2.23. The SMILES string of the molecule is CC[C@H](CO)Nc1nc(Nc2ccc(S(C)(=N)=O)c(Br)c2)ncc1-c1cccs1. The van der Waals surface area contributed by atoms with Gasteiger partial charge in [0.25, 0.3) is 0 Å². The van der Waals surface area contributed by atoms with Gasteiger partial charge in [0.15, 0.2) is 0 Å². The van der Waals surface area contributed by atoms with Crippen LogP contribution in [-0.2, 0) is 9.73 Å². The molecule has 29 heavy (non-hydrogen) atoms. The molecule has 0 aliphatic heterocycles. The van der Waals surface area contributed by atoms with Crippen molar-refractivity contribution in [2.45, 2.75) is 24.3 Å². The Kier molecular flexibility index (Phi) is 6.89. The van der Waals surface area contributed by atoms with E-state index in [2.05, 4.69) is 36.5 Å². The van der Waals surface area contributed by atoms with Crippen molar-refractivity contribution in [3.05, 3.63) is 46.4 Å². The number of benzene rings is 1. The fourth-order valence-electron chi connectivity index (χ4n) is 2.66. The van der Waals surface area contributed by atoms with Crippen LogP contribution in [0.2, 0.25) is 0 Å². The van der Waals surface area contributed by atoms with Gasteiger partial charge in [-0.15, -0.1) is 11.3 Å². The molecule has 0 radical (unpaired) electrons. The van der Waals surface area contributed by atoms with Crippen LogP contribution >= 0.6 is 27.3 Å². The summed E-state index contributed by atoms with van der Waals surface area (Å²) in [7, 11) is -2.82. The summed E-state index contributed by atoms with van der Waals surface area (Å²) in [6, 6.07) is 9.00. The predicted molar refractivity (Wildman–Crippen MR) is 123 cm³/mol. The minimum atomic E-state index is -2.82. The van der Waals surface area contributed by atoms with Gasteiger partial charge in [-0.25, -0.2) is 14.0 Å². The molecule has 154 valence electrons. The summed E-state index contributed by atoms with van der Waals surface area (Å²) in [5.41, 5.74) is 1.57. The number of halogens is 1. The first kappa shape index (κ1) is 21.7. The molecule has 2 atom stereocenters. The summed E-state index contributed by atoms with van der Waals surface area (Å²) >= 11 is 4.98. The Morgan fingerprint density at radius 3 is 2.76 bits per heavy atom. The Balaban J connectivity index is 1.93. The van der Waals surface area contributed by atoms with Gasteiger partial charge in [-0.05, 0) is 52.0 Å². The van der Waals surface area contributed by atoms with Crippen molar-refractivity contribution in [2.24, 2.45) is 0 Å². The number of anilines is 3. The number of aliphatic hydroxyl groups is 1. The van der Waals surface area contributed by atoms with Crippen LogP contribution in [0.5, 0.6) is 0 Å². The fraction of sp³-hybridized carbons (Fsp3) is 0.263. The maximum atomic E-state index is 12.0. The second-order valence-electron chi connectivity index (χ2n) is 6.48. The zero-order valence-electron chi connectivity index (χ0n) is 16.0. The molecule has 0 saturated heterocycles. The van der Waals surface area contributed by atoms with Crippen molar-refractivity contribution < 1.29 is 9.32 Å². The van der Waals surface area contributed by atoms with Crippen LogP contribution in [0.1, 0.15) is 13.3 Å². The van der Waals surface area contributed by atoms with E-state index in [1.807, 2.05) is 24.4 Å². The average molecular weight is 496 g/mol. The van der Waals surface area contributed by atoms with Crippen molar-refractivity contribution in [2.75, 3.05) is 23.5 Å². The molecule has 0 spiro atoms. The van der Waals surface area contributed by atoms with Gasteiger partial charge in [-0.1, -0.05) is 13.0 Å². The van der Waals surface area contributed by atoms with Gasteiger partial charge >= 0.3 is 0 Å². The third kappa shape index (κ3) is 5.33. The highest BCUT2D eigenvalue weighted by atomic mass is 79.9. The Labute approximate surface area is 182 Å². The number of rotatable bonds is 8. The standard InChI is InChI=1S/C19H22BrN5O2S2/c1-3-12(11-26)23-18-14(16-5-4-8-28-16)10-22-19(25-18)24-13-6-7-17(15(20)9-13)29(2,21)27/h4-10,12,21,26H,3,11H2,1-2H3,(H2,22,23,24,25)/t12-,29?/m1/s1. The van der Waals surface area contributed by atoms with Gasteiger partial charge in [0.1, 0.15) is 5.82 Å². The molecule has 0 saturated carbocycles. The number of hydrogen-bond donors (Lipinski definition) is 4. The van der Waals surface area contributed by atoms with E-state index in [1.165, 1.54) is 6.26 Å². The molecule has 0 aliphatic carbocycles. The number of hydrogen-bond acceptors (Lipinski definition) is 8. The van der Waals surface area contributed by atoms with E-state index in [1.54, 1.807) is 35.7 Å². The largest absolute Gasteiger partial charge is 0.394 e. The molecule has 3 rings (SSSR count). The molecule has 0 fully saturated rings. The molecule has 10 heteroatoms. The first-order chi connectivity index (χ1) is 13.8. The van der Waals surface area contributed by atoms with E-state index in [9.17, 15) is 9.32 Å². The van der Waals surface area contributed by atoms with Gasteiger partial charge in [0.05, 0.1) is 32.8 Å². The number of thiophene rings is 1. The molecule has 0 amide bonds. The second kappa shape index (κ2) is 9.21. The summed E-state index contributed by atoms with van der Waals surface area (Å²) in [4.78, 5) is 10.5. The number of nitrogens with zero attached hydrogens (tertiary/aromatic N) is 2. The Hall–Kier alpha value is -2.01. The lowest BCUT2D eigenvalue weighted by molar-refractivity contribution is 0.271. The highest BCUT2D eigenvalue weighted by Gasteiger charge is 2.15. The van der Waals surface area contributed by atoms with Crippen LogP contribution in [0.15, 0.2) is 51.3 Å². The molecular weight excluding hydrogens is 474 g/mol. The Bertz CT molecular complexity index is 1080. The van der Waals surface area contributed by atoms with Crippen LogP contribution in [0, 0.1) is 4.78 Å². The molecule has 4 N–H and O–H groups in total. The zero-order valence-corrected chi connectivity index (χ0v) is 19.2. The van der Waals surface area contributed by atoms with Crippen molar-refractivity contribution >= 4 is 54.4 Å². The summed E-state index contributed by atoms with van der Waals surface area (Å²) in [5, 5.41) is 18.0. The first-order valence-corrected chi connectivity index (χ1v) is 12.5. The molecule has 3 aromatic rings. The van der Waals surface area contributed by atoms with Crippen LogP contribution in [0.3, 0.4) is 0 Å². The van der Waals surface area contributed by atoms with Gasteiger partial charge in [0.2, 0.25) is 5.95 Å². The summed E-state index contributed by atoms with van der Waals surface area (Å²) in [5.74, 6) is 1.03. The minimum absolute atomic E-state index is 0.00494. The van der Waals surface area contributed by atoms with Crippen LogP contribution in [0.4, 0.5) is 17.5 Å². The lowest BCUT2D eigenvalue weighted by atomic mass is 10.2. The van der Waals surface area contributed by atoms with Crippen LogP contribution < -0.4 is 10.6 Å². The summed E-state index contributed by atoms with van der Waals surface area (Å²) in [6.45, 7) is 2.00. The van der Waals surface area contributed by atoms with Crippen molar-refractivity contribution in [1.29, 1.82) is 4.78 Å². The van der Waals surface area contributed by atoms with E-state index in [4.69, 9.17) is 4.78 Å². The fourth-order valence-corrected chi connectivity index (χ4v) is 5.46. The zero-order chi connectivity index (χ0) is 21.0. The molecule has 0 bridgehead atoms. The molecule has 1 aromatic carbocycles. The Morgan fingerprint density at radius 1 is 1.38 bits per heavy atom. The third-order valence-corrected chi connectivity index (χ3v) is 7.25. The number of aliphatic hydroxyl groups excluding tert-OH is 1. The van der Waals surface area contributed by atoms with Crippen molar-refractivity contribution in [1.82, 2.24) is 9.97 Å². The average Bonchev–Trinajstić information content (AvgIpc) is 3.19. The second-order valence-corrected chi connectivity index (χ2v) is 10.4. The number of aromatic nitrogens is 2. The van der Waals surface area contributed by atoms with E-state index in [0.717, 1.165) is 16.9 Å². The Morgan fingerprint density at radius 2 is 2.17 bits per heavy atom. The van der Waals surface area contributed by atoms with E-state index >= 15 is 0 Å². The van der Waals surface area contributed by atoms with Gasteiger partial charge in [-0.2, -0.15) is 4.98 Å². The molecular formula is C19H22BrN5O2S2. The van der Waals surface area contributed by atoms with E-state index in [-0.39, 0.29) is 12.6 Å². The molecule has 0 aliphatic rings. The van der Waals surface area contributed by atoms with E-state index < -0.39 is 9.73 Å². The van der Waals surface area contributed by atoms with Crippen LogP contribution in [-0.4, -0.2) is 38.2 Å². The van der Waals surface area contributed by atoms with Gasteiger partial charge < -0.3 is 15.7 Å². The van der Waals surface area contributed by atoms with Crippen molar-refractivity contribution in [3.8, 4) is 10.4 Å². The molecule has 7 nitrogen and oxygen atoms in total. The molecule has 2 aromatic heterocycles. The van der Waals surface area contributed by atoms with Gasteiger partial charge in [0, 0.05) is 27.5 Å². The highest BCUT2D eigenvalue weighted by molar-refractivity contribution is 9.10. The first-order valence-electron chi connectivity index (χ1n) is 8.90. The maximum absolute atomic E-state index is 12.0. The van der Waals surface area contributed by atoms with Crippen molar-refractivity contribution in [3.63, 3.8) is 0 Å². The topological polar surface area (TPSA) is 111 Å². The normalized spacial score (nSPS) is 14.2.